The van der Waals surface area contributed by atoms with Gasteiger partial charge in [0.25, 0.3) is 5.56 Å². The van der Waals surface area contributed by atoms with E-state index in [1.54, 1.807) is 17.6 Å². The Morgan fingerprint density at radius 1 is 1.11 bits per heavy atom. The number of benzene rings is 2. The van der Waals surface area contributed by atoms with Crippen LogP contribution >= 0.6 is 11.8 Å². The van der Waals surface area contributed by atoms with E-state index in [-0.39, 0.29) is 11.5 Å². The molecule has 2 aromatic heterocycles. The lowest BCUT2D eigenvalue weighted by Crippen LogP contribution is -2.22. The lowest BCUT2D eigenvalue weighted by Gasteiger charge is -2.13. The fourth-order valence-electron chi connectivity index (χ4n) is 3.16. The molecule has 1 unspecified atom stereocenters. The molecular formula is C20H18N4O3S. The summed E-state index contributed by atoms with van der Waals surface area (Å²) in [6, 6.07) is 14.9. The van der Waals surface area contributed by atoms with Crippen molar-refractivity contribution in [2.24, 2.45) is 0 Å². The van der Waals surface area contributed by atoms with Crippen molar-refractivity contribution in [3.8, 4) is 5.69 Å². The molecule has 0 N–H and O–H groups in total. The molecule has 4 rings (SSSR count). The average molecular weight is 394 g/mol. The average Bonchev–Trinajstić information content (AvgIpc) is 3.12. The van der Waals surface area contributed by atoms with Crippen LogP contribution in [0.3, 0.4) is 0 Å². The first kappa shape index (κ1) is 18.2. The maximum atomic E-state index is 13.3. The second-order valence-corrected chi connectivity index (χ2v) is 7.65. The number of para-hydroxylation sites is 2. The largest absolute Gasteiger partial charge is 0.468 e. The number of aromatic nitrogens is 4. The molecule has 0 aliphatic rings. The van der Waals surface area contributed by atoms with Crippen LogP contribution in [0.1, 0.15) is 12.5 Å². The third-order valence-electron chi connectivity index (χ3n) is 4.57. The van der Waals surface area contributed by atoms with Gasteiger partial charge in [-0.1, -0.05) is 42.1 Å². The van der Waals surface area contributed by atoms with Crippen molar-refractivity contribution in [1.82, 2.24) is 19.2 Å². The molecule has 0 radical (unpaired) electrons. The maximum Gasteiger partial charge on any atom is 0.318 e. The third kappa shape index (κ3) is 2.86. The molecular weight excluding hydrogens is 376 g/mol. The van der Waals surface area contributed by atoms with Crippen LogP contribution in [0.5, 0.6) is 0 Å². The van der Waals surface area contributed by atoms with Gasteiger partial charge in [0.15, 0.2) is 5.16 Å². The van der Waals surface area contributed by atoms with E-state index >= 15 is 0 Å². The molecule has 28 heavy (non-hydrogen) atoms. The van der Waals surface area contributed by atoms with E-state index in [1.165, 1.54) is 18.9 Å². The predicted molar refractivity (Wildman–Crippen MR) is 108 cm³/mol. The van der Waals surface area contributed by atoms with Gasteiger partial charge in [-0.2, -0.15) is 0 Å². The number of rotatable bonds is 4. The number of carbonyl (C=O) groups excluding carboxylic acids is 1. The first-order valence-corrected chi connectivity index (χ1v) is 9.60. The zero-order chi connectivity index (χ0) is 19.8. The van der Waals surface area contributed by atoms with Crippen molar-refractivity contribution >= 4 is 34.4 Å². The fourth-order valence-corrected chi connectivity index (χ4v) is 4.04. The van der Waals surface area contributed by atoms with E-state index in [2.05, 4.69) is 10.2 Å². The van der Waals surface area contributed by atoms with E-state index in [0.29, 0.717) is 21.8 Å². The van der Waals surface area contributed by atoms with Gasteiger partial charge >= 0.3 is 5.97 Å². The summed E-state index contributed by atoms with van der Waals surface area (Å²) in [5.41, 5.74) is 2.22. The van der Waals surface area contributed by atoms with Crippen LogP contribution in [-0.2, 0) is 9.53 Å². The Kier molecular flexibility index (Phi) is 4.64. The summed E-state index contributed by atoms with van der Waals surface area (Å²) in [4.78, 5) is 25.2. The summed E-state index contributed by atoms with van der Waals surface area (Å²) in [5.74, 6) is 0.0517. The Hall–Kier alpha value is -3.13. The smallest absolute Gasteiger partial charge is 0.318 e. The quantitative estimate of drug-likeness (QED) is 0.391. The standard InChI is InChI=1S/C20H18N4O3S/c1-12-8-4-6-10-15(12)23-17(25)14-9-5-7-11-16(14)24-19(23)21-22-20(24)28-13(2)18(26)27-3/h4-11,13H,1-3H3. The SMILES string of the molecule is COC(=O)C(C)Sc1nnc2n(-c3ccccc3C)c(=O)c3ccccc3n12. The predicted octanol–water partition coefficient (Wildman–Crippen LogP) is 3.00. The minimum absolute atomic E-state index is 0.164. The molecule has 0 bridgehead atoms. The minimum Gasteiger partial charge on any atom is -0.468 e. The van der Waals surface area contributed by atoms with Gasteiger partial charge in [-0.25, -0.2) is 4.57 Å². The molecule has 1 atom stereocenters. The van der Waals surface area contributed by atoms with E-state index in [0.717, 1.165) is 11.3 Å². The second-order valence-electron chi connectivity index (χ2n) is 6.35. The first-order valence-electron chi connectivity index (χ1n) is 8.72. The lowest BCUT2D eigenvalue weighted by atomic mass is 10.2. The number of methoxy groups -OCH3 is 1. The lowest BCUT2D eigenvalue weighted by molar-refractivity contribution is -0.139. The Bertz CT molecular complexity index is 1260. The molecule has 0 spiro atoms. The molecule has 0 fully saturated rings. The molecule has 142 valence electrons. The third-order valence-corrected chi connectivity index (χ3v) is 5.59. The maximum absolute atomic E-state index is 13.3. The number of hydrogen-bond donors (Lipinski definition) is 0. The number of hydrogen-bond acceptors (Lipinski definition) is 6. The summed E-state index contributed by atoms with van der Waals surface area (Å²) in [7, 11) is 1.35. The van der Waals surface area contributed by atoms with Crippen LogP contribution < -0.4 is 5.56 Å². The van der Waals surface area contributed by atoms with Crippen molar-refractivity contribution in [2.75, 3.05) is 7.11 Å². The number of nitrogens with zero attached hydrogens (tertiary/aromatic N) is 4. The Labute approximate surface area is 165 Å². The van der Waals surface area contributed by atoms with Gasteiger partial charge in [0.1, 0.15) is 5.25 Å². The van der Waals surface area contributed by atoms with Crippen LogP contribution in [0, 0.1) is 6.92 Å². The number of fused-ring (bicyclic) bond motifs is 3. The van der Waals surface area contributed by atoms with Gasteiger partial charge < -0.3 is 4.74 Å². The van der Waals surface area contributed by atoms with E-state index in [1.807, 2.05) is 53.8 Å². The highest BCUT2D eigenvalue weighted by molar-refractivity contribution is 8.00. The van der Waals surface area contributed by atoms with Crippen molar-refractivity contribution < 1.29 is 9.53 Å². The van der Waals surface area contributed by atoms with Gasteiger partial charge in [-0.05, 0) is 37.6 Å². The van der Waals surface area contributed by atoms with Crippen LogP contribution in [0.25, 0.3) is 22.4 Å². The minimum atomic E-state index is -0.463. The highest BCUT2D eigenvalue weighted by atomic mass is 32.2. The Morgan fingerprint density at radius 2 is 1.82 bits per heavy atom. The summed E-state index contributed by atoms with van der Waals surface area (Å²) in [5, 5.41) is 9.16. The molecule has 4 aromatic rings. The molecule has 0 aliphatic heterocycles. The normalized spacial score (nSPS) is 12.4. The van der Waals surface area contributed by atoms with Gasteiger partial charge in [0, 0.05) is 0 Å². The molecule has 8 heteroatoms. The summed E-state index contributed by atoms with van der Waals surface area (Å²) in [6.07, 6.45) is 0. The molecule has 0 saturated carbocycles. The van der Waals surface area contributed by atoms with Crippen LogP contribution in [0.2, 0.25) is 0 Å². The number of carbonyl (C=O) groups is 1. The van der Waals surface area contributed by atoms with E-state index < -0.39 is 5.25 Å². The summed E-state index contributed by atoms with van der Waals surface area (Å²) < 4.78 is 8.20. The van der Waals surface area contributed by atoms with Crippen LogP contribution in [0.4, 0.5) is 0 Å². The second kappa shape index (κ2) is 7.12. The number of esters is 1. The van der Waals surface area contributed by atoms with Crippen LogP contribution in [-0.4, -0.2) is 37.5 Å². The summed E-state index contributed by atoms with van der Waals surface area (Å²) >= 11 is 1.24. The molecule has 0 saturated heterocycles. The highest BCUT2D eigenvalue weighted by Crippen LogP contribution is 2.27. The van der Waals surface area contributed by atoms with Gasteiger partial charge in [-0.3, -0.25) is 14.0 Å². The Balaban J connectivity index is 2.06. The number of thioether (sulfide) groups is 1. The van der Waals surface area contributed by atoms with Crippen molar-refractivity contribution in [2.45, 2.75) is 24.3 Å². The Morgan fingerprint density at radius 3 is 2.57 bits per heavy atom. The number of aryl methyl sites for hydroxylation is 1. The van der Waals surface area contributed by atoms with Gasteiger partial charge in [0.05, 0.1) is 23.7 Å². The van der Waals surface area contributed by atoms with Crippen molar-refractivity contribution in [1.29, 1.82) is 0 Å². The van der Waals surface area contributed by atoms with Crippen molar-refractivity contribution in [3.05, 3.63) is 64.4 Å². The van der Waals surface area contributed by atoms with E-state index in [9.17, 15) is 9.59 Å². The van der Waals surface area contributed by atoms with Crippen molar-refractivity contribution in [3.63, 3.8) is 0 Å². The topological polar surface area (TPSA) is 78.5 Å². The number of ether oxygens (including phenoxy) is 1. The van der Waals surface area contributed by atoms with E-state index in [4.69, 9.17) is 4.74 Å². The fraction of sp³-hybridized carbons (Fsp3) is 0.200. The van der Waals surface area contributed by atoms with Crippen LogP contribution in [0.15, 0.2) is 58.5 Å². The molecule has 0 amide bonds. The zero-order valence-electron chi connectivity index (χ0n) is 15.6. The zero-order valence-corrected chi connectivity index (χ0v) is 16.4. The summed E-state index contributed by atoms with van der Waals surface area (Å²) in [6.45, 7) is 3.69. The monoisotopic (exact) mass is 394 g/mol. The first-order chi connectivity index (χ1) is 13.5. The highest BCUT2D eigenvalue weighted by Gasteiger charge is 2.22. The van der Waals surface area contributed by atoms with Gasteiger partial charge in [-0.15, -0.1) is 10.2 Å². The molecule has 0 aliphatic carbocycles. The molecule has 2 heterocycles. The molecule has 7 nitrogen and oxygen atoms in total. The van der Waals surface area contributed by atoms with Gasteiger partial charge in [0.2, 0.25) is 5.78 Å². The molecule has 2 aromatic carbocycles.